The van der Waals surface area contributed by atoms with Gasteiger partial charge in [-0.1, -0.05) is 177 Å². The third-order valence-electron chi connectivity index (χ3n) is 11.8. The smallest absolute Gasteiger partial charge is 0.164 e. The van der Waals surface area contributed by atoms with Gasteiger partial charge in [-0.3, -0.25) is 0 Å². The highest BCUT2D eigenvalue weighted by atomic mass is 32.2. The highest BCUT2D eigenvalue weighted by molar-refractivity contribution is 7.99. The minimum Gasteiger partial charge on any atom is -0.208 e. The molecule has 11 rings (SSSR count). The molecule has 0 bridgehead atoms. The van der Waals surface area contributed by atoms with Gasteiger partial charge in [0.25, 0.3) is 0 Å². The third-order valence-corrected chi connectivity index (χ3v) is 13.0. The lowest BCUT2D eigenvalue weighted by atomic mass is 9.62. The summed E-state index contributed by atoms with van der Waals surface area (Å²) in [6, 6.07) is 59.2. The number of nitrogens with zero attached hydrogens (tertiary/aromatic N) is 3. The maximum atomic E-state index is 5.18. The predicted molar refractivity (Wildman–Crippen MR) is 225 cm³/mol. The maximum Gasteiger partial charge on any atom is 0.164 e. The molecule has 1 spiro atoms. The molecule has 3 aliphatic rings. The van der Waals surface area contributed by atoms with Crippen LogP contribution >= 0.6 is 11.8 Å². The van der Waals surface area contributed by atoms with Gasteiger partial charge in [-0.25, -0.2) is 15.0 Å². The van der Waals surface area contributed by atoms with Gasteiger partial charge in [0.2, 0.25) is 0 Å². The molecule has 8 aromatic rings. The summed E-state index contributed by atoms with van der Waals surface area (Å²) >= 11 is 1.90. The van der Waals surface area contributed by atoms with E-state index < -0.39 is 5.41 Å². The van der Waals surface area contributed by atoms with Crippen molar-refractivity contribution in [3.8, 4) is 45.3 Å². The number of benzene rings is 7. The Kier molecular flexibility index (Phi) is 7.05. The first-order chi connectivity index (χ1) is 27.0. The summed E-state index contributed by atoms with van der Waals surface area (Å²) in [5.41, 5.74) is 15.0. The molecule has 2 aliphatic carbocycles. The normalized spacial score (nSPS) is 16.6. The lowest BCUT2D eigenvalue weighted by Crippen LogP contribution is -2.35. The van der Waals surface area contributed by atoms with Crippen LogP contribution in [0.15, 0.2) is 174 Å². The van der Waals surface area contributed by atoms with E-state index in [0.717, 1.165) is 16.7 Å². The van der Waals surface area contributed by atoms with Crippen LogP contribution in [0.1, 0.15) is 58.4 Å². The van der Waals surface area contributed by atoms with Crippen molar-refractivity contribution in [3.05, 3.63) is 208 Å². The zero-order chi connectivity index (χ0) is 36.7. The Balaban J connectivity index is 1.23. The van der Waals surface area contributed by atoms with Gasteiger partial charge in [-0.2, -0.15) is 0 Å². The summed E-state index contributed by atoms with van der Waals surface area (Å²) in [5.74, 6) is 1.96. The van der Waals surface area contributed by atoms with Crippen LogP contribution in [0.4, 0.5) is 0 Å². The maximum absolute atomic E-state index is 5.18. The van der Waals surface area contributed by atoms with Crippen LogP contribution in [0.2, 0.25) is 0 Å². The van der Waals surface area contributed by atoms with E-state index in [2.05, 4.69) is 153 Å². The molecular weight excluding hydrogens is 687 g/mol. The number of hydrogen-bond donors (Lipinski definition) is 0. The van der Waals surface area contributed by atoms with Crippen LogP contribution < -0.4 is 0 Å². The minimum atomic E-state index is -0.628. The van der Waals surface area contributed by atoms with E-state index >= 15 is 0 Å². The molecule has 4 heteroatoms. The monoisotopic (exact) mass is 721 g/mol. The van der Waals surface area contributed by atoms with Gasteiger partial charge in [-0.05, 0) is 79.9 Å². The molecule has 0 saturated carbocycles. The van der Waals surface area contributed by atoms with Crippen molar-refractivity contribution >= 4 is 23.9 Å². The molecule has 3 nitrogen and oxygen atoms in total. The second-order valence-electron chi connectivity index (χ2n) is 15.2. The van der Waals surface area contributed by atoms with Crippen LogP contribution in [0, 0.1) is 0 Å². The molecule has 0 saturated heterocycles. The van der Waals surface area contributed by atoms with E-state index in [0.29, 0.717) is 17.5 Å². The van der Waals surface area contributed by atoms with Gasteiger partial charge in [-0.15, -0.1) is 0 Å². The average Bonchev–Trinajstić information content (AvgIpc) is 3.36. The molecule has 1 aromatic heterocycles. The Morgan fingerprint density at radius 1 is 0.382 bits per heavy atom. The molecule has 1 atom stereocenters. The Morgan fingerprint density at radius 3 is 1.65 bits per heavy atom. The third kappa shape index (κ3) is 4.74. The average molecular weight is 722 g/mol. The van der Waals surface area contributed by atoms with Crippen molar-refractivity contribution in [2.45, 2.75) is 34.5 Å². The van der Waals surface area contributed by atoms with Crippen molar-refractivity contribution in [2.75, 3.05) is 0 Å². The molecule has 1 unspecified atom stereocenters. The fourth-order valence-corrected chi connectivity index (χ4v) is 10.4. The summed E-state index contributed by atoms with van der Waals surface area (Å²) in [6.45, 7) is 4.74. The number of rotatable bonds is 3. The van der Waals surface area contributed by atoms with Gasteiger partial charge in [0.05, 0.1) is 5.41 Å². The molecule has 2 heterocycles. The van der Waals surface area contributed by atoms with Gasteiger partial charge < -0.3 is 0 Å². The van der Waals surface area contributed by atoms with Crippen molar-refractivity contribution < 1.29 is 0 Å². The number of fused-ring (bicyclic) bond motifs is 11. The van der Waals surface area contributed by atoms with Crippen LogP contribution in [0.25, 0.3) is 57.4 Å². The zero-order valence-electron chi connectivity index (χ0n) is 30.5. The van der Waals surface area contributed by atoms with E-state index in [-0.39, 0.29) is 5.41 Å². The summed E-state index contributed by atoms with van der Waals surface area (Å²) in [7, 11) is 0. The minimum absolute atomic E-state index is 0.106. The number of hydrogen-bond acceptors (Lipinski definition) is 4. The summed E-state index contributed by atoms with van der Waals surface area (Å²) in [6.07, 6.45) is 4.59. The van der Waals surface area contributed by atoms with Gasteiger partial charge in [0.1, 0.15) is 0 Å². The topological polar surface area (TPSA) is 38.7 Å². The highest BCUT2D eigenvalue weighted by Crippen LogP contribution is 2.61. The zero-order valence-corrected chi connectivity index (χ0v) is 31.3. The fourth-order valence-electron chi connectivity index (χ4n) is 9.23. The van der Waals surface area contributed by atoms with E-state index in [4.69, 9.17) is 15.0 Å². The van der Waals surface area contributed by atoms with Gasteiger partial charge in [0.15, 0.2) is 17.5 Å². The lowest BCUT2D eigenvalue weighted by molar-refractivity contribution is 0.652. The molecule has 55 heavy (non-hydrogen) atoms. The highest BCUT2D eigenvalue weighted by Gasteiger charge is 2.48. The van der Waals surface area contributed by atoms with Crippen LogP contribution in [0.5, 0.6) is 0 Å². The van der Waals surface area contributed by atoms with Crippen LogP contribution in [0.3, 0.4) is 0 Å². The number of aromatic nitrogens is 3. The van der Waals surface area contributed by atoms with Gasteiger partial charge in [0, 0.05) is 31.9 Å². The van der Waals surface area contributed by atoms with Crippen molar-refractivity contribution in [1.29, 1.82) is 0 Å². The van der Waals surface area contributed by atoms with Crippen molar-refractivity contribution in [1.82, 2.24) is 15.0 Å². The first-order valence-electron chi connectivity index (χ1n) is 18.9. The van der Waals surface area contributed by atoms with E-state index in [1.165, 1.54) is 65.4 Å². The molecular formula is C51H35N3S. The second-order valence-corrected chi connectivity index (χ2v) is 16.3. The van der Waals surface area contributed by atoms with Gasteiger partial charge >= 0.3 is 0 Å². The summed E-state index contributed by atoms with van der Waals surface area (Å²) in [5, 5.41) is 0. The molecule has 0 radical (unpaired) electrons. The largest absolute Gasteiger partial charge is 0.208 e. The Hall–Kier alpha value is -6.36. The van der Waals surface area contributed by atoms with Crippen molar-refractivity contribution in [3.63, 3.8) is 0 Å². The van der Waals surface area contributed by atoms with E-state index in [1.54, 1.807) is 0 Å². The Morgan fingerprint density at radius 2 is 0.945 bits per heavy atom. The first kappa shape index (κ1) is 32.1. The first-order valence-corrected chi connectivity index (χ1v) is 19.7. The Labute approximate surface area is 325 Å². The van der Waals surface area contributed by atoms with E-state index in [9.17, 15) is 0 Å². The fraction of sp³-hybridized carbons (Fsp3) is 0.0784. The molecule has 0 fully saturated rings. The summed E-state index contributed by atoms with van der Waals surface area (Å²) < 4.78 is 0. The lowest BCUT2D eigenvalue weighted by Gasteiger charge is -2.43. The molecule has 260 valence electrons. The predicted octanol–water partition coefficient (Wildman–Crippen LogP) is 12.5. The molecule has 0 N–H and O–H groups in total. The van der Waals surface area contributed by atoms with E-state index in [1.807, 2.05) is 48.2 Å². The molecule has 1 aliphatic heterocycles. The van der Waals surface area contributed by atoms with Crippen molar-refractivity contribution in [2.24, 2.45) is 0 Å². The second kappa shape index (κ2) is 12.1. The van der Waals surface area contributed by atoms with Crippen LogP contribution in [-0.2, 0) is 10.8 Å². The quantitative estimate of drug-likeness (QED) is 0.182. The SMILES string of the molecule is CC1(C)c2ccccc2-c2cc3c(cc21)Sc1ccccc1C31c2ccccc2C=Cc2ccc(-c3nc(-c4ccccc4)nc(-c4ccccc4)n3)cc21. The standard InChI is InChI=1S/C51H35N3S/c1-50(2)40-22-12-10-20-37(40)38-30-44-46(31-43(38)50)55-45-24-14-13-23-41(45)51(44)39-21-11-9-15-32(39)25-26-33-27-28-36(29-42(33)51)49-53-47(34-16-5-3-6-17-34)52-48(54-49)35-18-7-4-8-19-35/h3-31H,1-2H3. The summed E-state index contributed by atoms with van der Waals surface area (Å²) in [4.78, 5) is 17.9. The molecule has 7 aromatic carbocycles. The molecule has 0 amide bonds. The van der Waals surface area contributed by atoms with Crippen LogP contribution in [-0.4, -0.2) is 15.0 Å². The Bertz CT molecular complexity index is 2820.